The molecule has 2 atom stereocenters. The minimum Gasteiger partial charge on any atom is -0.378 e. The summed E-state index contributed by atoms with van der Waals surface area (Å²) in [7, 11) is 0. The van der Waals surface area contributed by atoms with Crippen molar-refractivity contribution in [3.05, 3.63) is 29.6 Å². The Labute approximate surface area is 117 Å². The van der Waals surface area contributed by atoms with Crippen LogP contribution in [0.1, 0.15) is 18.9 Å². The van der Waals surface area contributed by atoms with E-state index in [-0.39, 0.29) is 30.2 Å². The molecule has 106 valence electrons. The fourth-order valence-electron chi connectivity index (χ4n) is 2.15. The minimum absolute atomic E-state index is 0.132. The molecule has 0 saturated carbocycles. The van der Waals surface area contributed by atoms with Crippen LogP contribution in [0.25, 0.3) is 0 Å². The fourth-order valence-corrected chi connectivity index (χ4v) is 2.15. The zero-order valence-electron chi connectivity index (χ0n) is 11.3. The Balaban J connectivity index is 2.08. The van der Waals surface area contributed by atoms with Crippen molar-refractivity contribution < 1.29 is 13.9 Å². The monoisotopic (exact) mass is 276 g/mol. The smallest absolute Gasteiger partial charge is 0.230 e. The highest BCUT2D eigenvalue weighted by Crippen LogP contribution is 2.23. The molecule has 20 heavy (non-hydrogen) atoms. The Morgan fingerprint density at radius 1 is 1.60 bits per heavy atom. The van der Waals surface area contributed by atoms with Crippen molar-refractivity contribution in [2.75, 3.05) is 18.5 Å². The number of benzene rings is 1. The SMILES string of the molecule is CC1OCCC1C(=O)Nc1ccc(C#CCN)cc1F. The average molecular weight is 276 g/mol. The molecule has 1 saturated heterocycles. The van der Waals surface area contributed by atoms with E-state index in [9.17, 15) is 9.18 Å². The van der Waals surface area contributed by atoms with Crippen LogP contribution < -0.4 is 11.1 Å². The van der Waals surface area contributed by atoms with Crippen molar-refractivity contribution in [1.82, 2.24) is 0 Å². The van der Waals surface area contributed by atoms with Gasteiger partial charge in [-0.2, -0.15) is 0 Å². The zero-order chi connectivity index (χ0) is 14.5. The normalized spacial score (nSPS) is 21.1. The number of halogens is 1. The summed E-state index contributed by atoms with van der Waals surface area (Å²) in [6.07, 6.45) is 0.530. The predicted molar refractivity (Wildman–Crippen MR) is 74.5 cm³/mol. The van der Waals surface area contributed by atoms with Gasteiger partial charge >= 0.3 is 0 Å². The number of anilines is 1. The maximum atomic E-state index is 13.9. The summed E-state index contributed by atoms with van der Waals surface area (Å²) >= 11 is 0. The first-order valence-corrected chi connectivity index (χ1v) is 6.52. The molecule has 1 fully saturated rings. The summed E-state index contributed by atoms with van der Waals surface area (Å²) in [5.74, 6) is 4.44. The second-order valence-electron chi connectivity index (χ2n) is 4.66. The summed E-state index contributed by atoms with van der Waals surface area (Å²) in [6, 6.07) is 4.44. The van der Waals surface area contributed by atoms with Gasteiger partial charge in [0, 0.05) is 12.2 Å². The highest BCUT2D eigenvalue weighted by molar-refractivity contribution is 5.93. The highest BCUT2D eigenvalue weighted by atomic mass is 19.1. The summed E-state index contributed by atoms with van der Waals surface area (Å²) in [4.78, 5) is 12.0. The quantitative estimate of drug-likeness (QED) is 0.805. The van der Waals surface area contributed by atoms with Gasteiger partial charge in [-0.25, -0.2) is 4.39 Å². The predicted octanol–water partition coefficient (Wildman–Crippen LogP) is 1.50. The Hall–Kier alpha value is -1.90. The minimum atomic E-state index is -0.506. The van der Waals surface area contributed by atoms with Crippen LogP contribution in [0.5, 0.6) is 0 Å². The third kappa shape index (κ3) is 3.35. The van der Waals surface area contributed by atoms with Crippen LogP contribution in [0, 0.1) is 23.6 Å². The molecule has 0 spiro atoms. The second kappa shape index (κ2) is 6.51. The molecule has 0 radical (unpaired) electrons. The Morgan fingerprint density at radius 2 is 2.40 bits per heavy atom. The molecule has 2 unspecified atom stereocenters. The topological polar surface area (TPSA) is 64.3 Å². The molecule has 5 heteroatoms. The van der Waals surface area contributed by atoms with Crippen molar-refractivity contribution in [3.63, 3.8) is 0 Å². The first-order valence-electron chi connectivity index (χ1n) is 6.52. The number of carbonyl (C=O) groups is 1. The van der Waals surface area contributed by atoms with Gasteiger partial charge in [0.25, 0.3) is 0 Å². The lowest BCUT2D eigenvalue weighted by Crippen LogP contribution is -2.28. The first-order chi connectivity index (χ1) is 9.61. The number of nitrogens with two attached hydrogens (primary N) is 1. The molecule has 4 nitrogen and oxygen atoms in total. The van der Waals surface area contributed by atoms with E-state index < -0.39 is 5.82 Å². The molecule has 1 heterocycles. The first kappa shape index (κ1) is 14.5. The van der Waals surface area contributed by atoms with Gasteiger partial charge in [0.15, 0.2) is 0 Å². The summed E-state index contributed by atoms with van der Waals surface area (Å²) < 4.78 is 19.2. The number of amides is 1. The summed E-state index contributed by atoms with van der Waals surface area (Å²) in [5, 5.41) is 2.60. The lowest BCUT2D eigenvalue weighted by atomic mass is 10.0. The molecule has 1 aromatic rings. The number of hydrogen-bond donors (Lipinski definition) is 2. The third-order valence-corrected chi connectivity index (χ3v) is 3.27. The Morgan fingerprint density at radius 3 is 3.00 bits per heavy atom. The zero-order valence-corrected chi connectivity index (χ0v) is 11.3. The fraction of sp³-hybridized carbons (Fsp3) is 0.400. The van der Waals surface area contributed by atoms with Gasteiger partial charge in [0.05, 0.1) is 24.3 Å². The second-order valence-corrected chi connectivity index (χ2v) is 4.66. The van der Waals surface area contributed by atoms with E-state index in [0.717, 1.165) is 0 Å². The molecule has 1 aromatic carbocycles. The van der Waals surface area contributed by atoms with Crippen LogP contribution in [0.15, 0.2) is 18.2 Å². The van der Waals surface area contributed by atoms with Crippen molar-refractivity contribution in [2.45, 2.75) is 19.4 Å². The van der Waals surface area contributed by atoms with E-state index in [2.05, 4.69) is 17.2 Å². The van der Waals surface area contributed by atoms with Crippen molar-refractivity contribution >= 4 is 11.6 Å². The number of hydrogen-bond acceptors (Lipinski definition) is 3. The maximum absolute atomic E-state index is 13.9. The third-order valence-electron chi connectivity index (χ3n) is 3.27. The van der Waals surface area contributed by atoms with Gasteiger partial charge in [-0.05, 0) is 31.5 Å². The Bertz CT molecular complexity index is 563. The van der Waals surface area contributed by atoms with Gasteiger partial charge in [0.2, 0.25) is 5.91 Å². The van der Waals surface area contributed by atoms with Gasteiger partial charge in [-0.3, -0.25) is 4.79 Å². The number of ether oxygens (including phenoxy) is 1. The molecular weight excluding hydrogens is 259 g/mol. The van der Waals surface area contributed by atoms with Gasteiger partial charge < -0.3 is 15.8 Å². The van der Waals surface area contributed by atoms with Crippen molar-refractivity contribution in [2.24, 2.45) is 11.7 Å². The van der Waals surface area contributed by atoms with Gasteiger partial charge in [-0.1, -0.05) is 11.8 Å². The van der Waals surface area contributed by atoms with Crippen LogP contribution in [-0.4, -0.2) is 25.2 Å². The highest BCUT2D eigenvalue weighted by Gasteiger charge is 2.31. The number of carbonyl (C=O) groups excluding carboxylic acids is 1. The molecule has 1 aliphatic heterocycles. The van der Waals surface area contributed by atoms with E-state index in [1.165, 1.54) is 12.1 Å². The number of nitrogens with one attached hydrogen (secondary N) is 1. The van der Waals surface area contributed by atoms with Crippen LogP contribution in [0.4, 0.5) is 10.1 Å². The molecule has 0 bridgehead atoms. The lowest BCUT2D eigenvalue weighted by molar-refractivity contribution is -0.121. The van der Waals surface area contributed by atoms with Crippen LogP contribution in [0.3, 0.4) is 0 Å². The van der Waals surface area contributed by atoms with E-state index in [1.54, 1.807) is 6.07 Å². The van der Waals surface area contributed by atoms with Crippen molar-refractivity contribution in [1.29, 1.82) is 0 Å². The molecular formula is C15H17FN2O2. The van der Waals surface area contributed by atoms with E-state index >= 15 is 0 Å². The molecule has 3 N–H and O–H groups in total. The largest absolute Gasteiger partial charge is 0.378 e. The van der Waals surface area contributed by atoms with Crippen LogP contribution >= 0.6 is 0 Å². The molecule has 0 aromatic heterocycles. The van der Waals surface area contributed by atoms with Crippen molar-refractivity contribution in [3.8, 4) is 11.8 Å². The van der Waals surface area contributed by atoms with Gasteiger partial charge in [-0.15, -0.1) is 0 Å². The number of rotatable bonds is 2. The molecule has 1 amide bonds. The van der Waals surface area contributed by atoms with E-state index in [1.807, 2.05) is 6.92 Å². The van der Waals surface area contributed by atoms with E-state index in [4.69, 9.17) is 10.5 Å². The molecule has 0 aliphatic carbocycles. The van der Waals surface area contributed by atoms with E-state index in [0.29, 0.717) is 18.6 Å². The van der Waals surface area contributed by atoms with Crippen LogP contribution in [-0.2, 0) is 9.53 Å². The summed E-state index contributed by atoms with van der Waals surface area (Å²) in [6.45, 7) is 2.63. The Kier molecular flexibility index (Phi) is 4.72. The standard InChI is InChI=1S/C15H17FN2O2/c1-10-12(6-8-20-10)15(19)18-14-5-4-11(3-2-7-17)9-13(14)16/h4-5,9-10,12H,6-8,17H2,1H3,(H,18,19). The lowest BCUT2D eigenvalue weighted by Gasteiger charge is -2.14. The molecule has 1 aliphatic rings. The van der Waals surface area contributed by atoms with Gasteiger partial charge in [0.1, 0.15) is 5.82 Å². The summed E-state index contributed by atoms with van der Waals surface area (Å²) in [5.41, 5.74) is 5.95. The maximum Gasteiger partial charge on any atom is 0.230 e. The molecule has 2 rings (SSSR count). The van der Waals surface area contributed by atoms with Crippen LogP contribution in [0.2, 0.25) is 0 Å². The average Bonchev–Trinajstić information content (AvgIpc) is 2.85.